The molecular formula is C25H25N7O2. The normalized spacial score (nSPS) is 13.5. The molecule has 1 aliphatic rings. The van der Waals surface area contributed by atoms with Crippen molar-refractivity contribution in [1.82, 2.24) is 20.3 Å². The van der Waals surface area contributed by atoms with Crippen LogP contribution >= 0.6 is 0 Å². The van der Waals surface area contributed by atoms with Crippen molar-refractivity contribution in [2.75, 3.05) is 41.5 Å². The standard InChI is InChI=1S/C25H25N7O2/c33-21-6-2-19(3-7-21)30-32(20-4-8-22(34)9-5-20)25-27-12-11-23(29-25)18-1-10-24(28-17-18)31-15-13-26-14-16-31/h1-12,17,26,30,33-34H,13-16H2. The lowest BCUT2D eigenvalue weighted by molar-refractivity contribution is 0.474. The second-order valence-electron chi connectivity index (χ2n) is 7.89. The molecule has 0 spiro atoms. The molecule has 0 radical (unpaired) electrons. The summed E-state index contributed by atoms with van der Waals surface area (Å²) < 4.78 is 0. The van der Waals surface area contributed by atoms with E-state index in [4.69, 9.17) is 4.98 Å². The highest BCUT2D eigenvalue weighted by Gasteiger charge is 2.16. The molecule has 0 amide bonds. The molecule has 1 aliphatic heterocycles. The Kier molecular flexibility index (Phi) is 6.09. The third-order valence-corrected chi connectivity index (χ3v) is 5.54. The number of nitrogens with one attached hydrogen (secondary N) is 2. The number of nitrogens with zero attached hydrogens (tertiary/aromatic N) is 5. The number of pyridine rings is 1. The first kappa shape index (κ1) is 21.5. The van der Waals surface area contributed by atoms with Crippen LogP contribution in [0.25, 0.3) is 11.3 Å². The number of phenols is 2. The highest BCUT2D eigenvalue weighted by Crippen LogP contribution is 2.28. The molecule has 0 atom stereocenters. The van der Waals surface area contributed by atoms with Crippen LogP contribution in [0.5, 0.6) is 11.5 Å². The number of hydrazine groups is 1. The third kappa shape index (κ3) is 4.84. The van der Waals surface area contributed by atoms with Crippen molar-refractivity contribution in [3.05, 3.63) is 79.1 Å². The van der Waals surface area contributed by atoms with E-state index in [0.29, 0.717) is 5.95 Å². The van der Waals surface area contributed by atoms with Crippen LogP contribution in [0.1, 0.15) is 0 Å². The average molecular weight is 456 g/mol. The van der Waals surface area contributed by atoms with E-state index in [9.17, 15) is 10.2 Å². The quantitative estimate of drug-likeness (QED) is 0.256. The molecule has 4 aromatic rings. The maximum absolute atomic E-state index is 9.73. The van der Waals surface area contributed by atoms with Gasteiger partial charge in [0.15, 0.2) is 0 Å². The molecule has 5 rings (SSSR count). The van der Waals surface area contributed by atoms with Crippen molar-refractivity contribution in [3.8, 4) is 22.8 Å². The van der Waals surface area contributed by atoms with Crippen molar-refractivity contribution >= 4 is 23.1 Å². The van der Waals surface area contributed by atoms with Gasteiger partial charge in [-0.1, -0.05) is 0 Å². The van der Waals surface area contributed by atoms with Crippen molar-refractivity contribution in [2.45, 2.75) is 0 Å². The second kappa shape index (κ2) is 9.63. The SMILES string of the molecule is Oc1ccc(NN(c2ccc(O)cc2)c2nccc(-c3ccc(N4CCNCC4)nc3)n2)cc1. The van der Waals surface area contributed by atoms with Gasteiger partial charge in [-0.3, -0.25) is 5.43 Å². The number of benzene rings is 2. The Morgan fingerprint density at radius 3 is 2.21 bits per heavy atom. The Balaban J connectivity index is 1.45. The Hall–Kier alpha value is -4.37. The predicted molar refractivity (Wildman–Crippen MR) is 132 cm³/mol. The summed E-state index contributed by atoms with van der Waals surface area (Å²) in [5.41, 5.74) is 6.37. The van der Waals surface area contributed by atoms with Gasteiger partial charge in [0.05, 0.1) is 17.1 Å². The zero-order valence-electron chi connectivity index (χ0n) is 18.5. The zero-order valence-corrected chi connectivity index (χ0v) is 18.5. The molecule has 172 valence electrons. The molecule has 4 N–H and O–H groups in total. The maximum atomic E-state index is 9.73. The first-order valence-electron chi connectivity index (χ1n) is 11.1. The van der Waals surface area contributed by atoms with Gasteiger partial charge in [0.1, 0.15) is 17.3 Å². The summed E-state index contributed by atoms with van der Waals surface area (Å²) in [6.45, 7) is 3.79. The molecule has 2 aromatic heterocycles. The molecule has 9 heteroatoms. The fourth-order valence-corrected chi connectivity index (χ4v) is 3.73. The van der Waals surface area contributed by atoms with Crippen molar-refractivity contribution in [2.24, 2.45) is 0 Å². The number of hydrogen-bond donors (Lipinski definition) is 4. The van der Waals surface area contributed by atoms with Gasteiger partial charge in [-0.15, -0.1) is 0 Å². The molecule has 0 bridgehead atoms. The molecule has 3 heterocycles. The molecule has 0 saturated carbocycles. The lowest BCUT2D eigenvalue weighted by atomic mass is 10.2. The molecule has 0 aliphatic carbocycles. The van der Waals surface area contributed by atoms with E-state index in [1.165, 1.54) is 0 Å². The van der Waals surface area contributed by atoms with Gasteiger partial charge in [-0.2, -0.15) is 0 Å². The molecule has 9 nitrogen and oxygen atoms in total. The van der Waals surface area contributed by atoms with Gasteiger partial charge in [0, 0.05) is 44.1 Å². The summed E-state index contributed by atoms with van der Waals surface area (Å²) in [6.07, 6.45) is 3.54. The number of aromatic nitrogens is 3. The number of hydrogen-bond acceptors (Lipinski definition) is 9. The lowest BCUT2D eigenvalue weighted by Crippen LogP contribution is -2.43. The molecule has 1 fully saturated rings. The third-order valence-electron chi connectivity index (χ3n) is 5.54. The highest BCUT2D eigenvalue weighted by molar-refractivity contribution is 5.67. The summed E-state index contributed by atoms with van der Waals surface area (Å²) in [5, 5.41) is 24.4. The minimum atomic E-state index is 0.165. The first-order chi connectivity index (χ1) is 16.7. The van der Waals surface area contributed by atoms with Crippen molar-refractivity contribution < 1.29 is 10.2 Å². The number of phenolic OH excluding ortho intramolecular Hbond substituents is 2. The van der Waals surface area contributed by atoms with E-state index in [0.717, 1.165) is 54.6 Å². The lowest BCUT2D eigenvalue weighted by Gasteiger charge is -2.28. The van der Waals surface area contributed by atoms with Gasteiger partial charge in [0.2, 0.25) is 5.95 Å². The molecule has 1 saturated heterocycles. The Morgan fingerprint density at radius 2 is 1.53 bits per heavy atom. The second-order valence-corrected chi connectivity index (χ2v) is 7.89. The van der Waals surface area contributed by atoms with Crippen LogP contribution in [0.2, 0.25) is 0 Å². The van der Waals surface area contributed by atoms with Crippen LogP contribution < -0.4 is 20.7 Å². The smallest absolute Gasteiger partial charge is 0.249 e. The number of piperazine rings is 1. The minimum absolute atomic E-state index is 0.165. The number of aromatic hydroxyl groups is 2. The van der Waals surface area contributed by atoms with E-state index < -0.39 is 0 Å². The van der Waals surface area contributed by atoms with Crippen LogP contribution in [-0.2, 0) is 0 Å². The van der Waals surface area contributed by atoms with E-state index in [1.807, 2.05) is 24.4 Å². The number of rotatable bonds is 6. The molecular weight excluding hydrogens is 430 g/mol. The van der Waals surface area contributed by atoms with Gasteiger partial charge >= 0.3 is 0 Å². The minimum Gasteiger partial charge on any atom is -0.508 e. The van der Waals surface area contributed by atoms with Crippen LogP contribution in [0.4, 0.5) is 23.1 Å². The van der Waals surface area contributed by atoms with E-state index in [-0.39, 0.29) is 11.5 Å². The molecule has 0 unspecified atom stereocenters. The van der Waals surface area contributed by atoms with Crippen LogP contribution in [-0.4, -0.2) is 51.3 Å². The monoisotopic (exact) mass is 455 g/mol. The predicted octanol–water partition coefficient (Wildman–Crippen LogP) is 3.52. The van der Waals surface area contributed by atoms with Crippen molar-refractivity contribution in [1.29, 1.82) is 0 Å². The van der Waals surface area contributed by atoms with E-state index in [1.54, 1.807) is 59.7 Å². The fraction of sp³-hybridized carbons (Fsp3) is 0.160. The fourth-order valence-electron chi connectivity index (χ4n) is 3.73. The largest absolute Gasteiger partial charge is 0.508 e. The van der Waals surface area contributed by atoms with Crippen LogP contribution in [0.3, 0.4) is 0 Å². The van der Waals surface area contributed by atoms with Crippen molar-refractivity contribution in [3.63, 3.8) is 0 Å². The van der Waals surface area contributed by atoms with Gasteiger partial charge < -0.3 is 20.4 Å². The van der Waals surface area contributed by atoms with Gasteiger partial charge in [-0.05, 0) is 66.7 Å². The Bertz CT molecular complexity index is 1230. The number of anilines is 4. The first-order valence-corrected chi connectivity index (χ1v) is 11.1. The summed E-state index contributed by atoms with van der Waals surface area (Å²) in [5.74, 6) is 1.72. The Labute approximate surface area is 197 Å². The molecule has 34 heavy (non-hydrogen) atoms. The average Bonchev–Trinajstić information content (AvgIpc) is 2.90. The zero-order chi connectivity index (χ0) is 23.3. The summed E-state index contributed by atoms with van der Waals surface area (Å²) in [6, 6.07) is 19.3. The Morgan fingerprint density at radius 1 is 0.824 bits per heavy atom. The summed E-state index contributed by atoms with van der Waals surface area (Å²) in [4.78, 5) is 16.2. The van der Waals surface area contributed by atoms with Crippen LogP contribution in [0, 0.1) is 0 Å². The maximum Gasteiger partial charge on any atom is 0.249 e. The topological polar surface area (TPSA) is 110 Å². The highest BCUT2D eigenvalue weighted by atomic mass is 16.3. The summed E-state index contributed by atoms with van der Waals surface area (Å²) in [7, 11) is 0. The molecule has 2 aromatic carbocycles. The van der Waals surface area contributed by atoms with Crippen LogP contribution in [0.15, 0.2) is 79.1 Å². The van der Waals surface area contributed by atoms with Gasteiger partial charge in [-0.25, -0.2) is 20.0 Å². The van der Waals surface area contributed by atoms with E-state index in [2.05, 4.69) is 25.6 Å². The van der Waals surface area contributed by atoms with Gasteiger partial charge in [0.25, 0.3) is 0 Å². The van der Waals surface area contributed by atoms with E-state index >= 15 is 0 Å². The summed E-state index contributed by atoms with van der Waals surface area (Å²) >= 11 is 0.